The van der Waals surface area contributed by atoms with Gasteiger partial charge in [0.2, 0.25) is 11.8 Å². The molecule has 0 unspecified atom stereocenters. The number of likely N-dealkylation sites (tertiary alicyclic amines) is 1. The van der Waals surface area contributed by atoms with Crippen molar-refractivity contribution in [2.24, 2.45) is 23.7 Å². The van der Waals surface area contributed by atoms with E-state index in [0.29, 0.717) is 28.3 Å². The normalized spacial score (nSPS) is 29.4. The van der Waals surface area contributed by atoms with Crippen molar-refractivity contribution in [2.45, 2.75) is 24.2 Å². The van der Waals surface area contributed by atoms with Crippen molar-refractivity contribution in [1.82, 2.24) is 9.91 Å². The van der Waals surface area contributed by atoms with Gasteiger partial charge in [-0.3, -0.25) is 29.5 Å². The SMILES string of the molecule is CN1C(=O)[C@H]2[C@H](CC=C3[C@H]2C[C@H]2C(=O)N(Nc4ccc(F)cc4)C(=O)[C@@]2(c2ccc(Cl)cc2)[C@H]3c2ccc(O)cc2Cl)C1=O. The number of phenols is 1. The van der Waals surface area contributed by atoms with Crippen LogP contribution in [0.4, 0.5) is 10.1 Å². The number of benzene rings is 3. The van der Waals surface area contributed by atoms with Crippen LogP contribution in [0.1, 0.15) is 29.9 Å². The lowest BCUT2D eigenvalue weighted by Gasteiger charge is -2.50. The van der Waals surface area contributed by atoms with Gasteiger partial charge in [-0.1, -0.05) is 53.1 Å². The Labute approximate surface area is 262 Å². The van der Waals surface area contributed by atoms with Crippen LogP contribution in [0.5, 0.6) is 5.75 Å². The number of amides is 4. The van der Waals surface area contributed by atoms with E-state index in [1.807, 2.05) is 6.08 Å². The number of fused-ring (bicyclic) bond motifs is 4. The Morgan fingerprint density at radius 2 is 1.61 bits per heavy atom. The number of nitrogens with zero attached hydrogens (tertiary/aromatic N) is 2. The maximum atomic E-state index is 14.9. The summed E-state index contributed by atoms with van der Waals surface area (Å²) in [4.78, 5) is 57.1. The largest absolute Gasteiger partial charge is 0.508 e. The lowest BCUT2D eigenvalue weighted by atomic mass is 9.49. The average Bonchev–Trinajstić information content (AvgIpc) is 3.35. The predicted molar refractivity (Wildman–Crippen MR) is 160 cm³/mol. The summed E-state index contributed by atoms with van der Waals surface area (Å²) in [7, 11) is 1.47. The van der Waals surface area contributed by atoms with Crippen LogP contribution in [0.25, 0.3) is 0 Å². The molecule has 7 rings (SSSR count). The molecule has 2 saturated heterocycles. The van der Waals surface area contributed by atoms with Crippen molar-refractivity contribution >= 4 is 52.5 Å². The van der Waals surface area contributed by atoms with Crippen molar-refractivity contribution in [1.29, 1.82) is 0 Å². The lowest BCUT2D eigenvalue weighted by Crippen LogP contribution is -2.53. The predicted octanol–water partition coefficient (Wildman–Crippen LogP) is 5.45. The van der Waals surface area contributed by atoms with E-state index in [9.17, 15) is 28.7 Å². The van der Waals surface area contributed by atoms with E-state index in [0.717, 1.165) is 15.5 Å². The van der Waals surface area contributed by atoms with E-state index in [-0.39, 0.29) is 29.0 Å². The highest BCUT2D eigenvalue weighted by molar-refractivity contribution is 6.32. The molecule has 6 atom stereocenters. The number of allylic oxidation sites excluding steroid dienone is 2. The molecule has 8 nitrogen and oxygen atoms in total. The van der Waals surface area contributed by atoms with Crippen LogP contribution in [-0.2, 0) is 24.6 Å². The van der Waals surface area contributed by atoms with Crippen molar-refractivity contribution in [3.8, 4) is 5.75 Å². The zero-order valence-electron chi connectivity index (χ0n) is 23.3. The summed E-state index contributed by atoms with van der Waals surface area (Å²) in [5, 5.41) is 11.8. The molecule has 44 heavy (non-hydrogen) atoms. The zero-order valence-corrected chi connectivity index (χ0v) is 24.8. The number of phenolic OH excluding ortho intramolecular Hbond substituents is 1. The fourth-order valence-electron chi connectivity index (χ4n) is 7.91. The molecule has 2 aliphatic heterocycles. The Morgan fingerprint density at radius 1 is 0.909 bits per heavy atom. The third-order valence-corrected chi connectivity index (χ3v) is 10.4. The summed E-state index contributed by atoms with van der Waals surface area (Å²) in [5.41, 5.74) is 3.44. The summed E-state index contributed by atoms with van der Waals surface area (Å²) in [5.74, 6) is -5.83. The van der Waals surface area contributed by atoms with Gasteiger partial charge in [-0.05, 0) is 78.4 Å². The standard InChI is InChI=1S/C33H26Cl2FN3O5/c1-38-29(41)23-13-12-21-24(27(23)31(38)43)15-25-30(42)39(37-19-8-6-18(36)7-9-19)32(44)33(25,16-2-4-17(34)5-3-16)28(21)22-11-10-20(40)14-26(22)35/h2-12,14,23-25,27-28,37,40H,13,15H2,1H3/t23-,24+,25-,27-,28+,33+/m0/s1. The summed E-state index contributed by atoms with van der Waals surface area (Å²) in [6.45, 7) is 0. The molecule has 2 heterocycles. The number of halogens is 3. The minimum Gasteiger partial charge on any atom is -0.508 e. The summed E-state index contributed by atoms with van der Waals surface area (Å²) in [6.07, 6.45) is 2.34. The van der Waals surface area contributed by atoms with E-state index >= 15 is 0 Å². The average molecular weight is 634 g/mol. The Bertz CT molecular complexity index is 1780. The molecule has 4 amide bonds. The number of hydrogen-bond acceptors (Lipinski definition) is 6. The van der Waals surface area contributed by atoms with E-state index in [4.69, 9.17) is 23.2 Å². The first kappa shape index (κ1) is 28.6. The first-order valence-electron chi connectivity index (χ1n) is 14.2. The molecule has 2 aliphatic carbocycles. The number of hydrogen-bond donors (Lipinski definition) is 2. The monoisotopic (exact) mass is 633 g/mol. The van der Waals surface area contributed by atoms with Crippen molar-refractivity contribution in [2.75, 3.05) is 12.5 Å². The molecule has 11 heteroatoms. The van der Waals surface area contributed by atoms with Crippen LogP contribution < -0.4 is 5.43 Å². The Hall–Kier alpha value is -4.21. The molecule has 1 saturated carbocycles. The number of nitrogens with one attached hydrogen (secondary N) is 1. The molecule has 224 valence electrons. The van der Waals surface area contributed by atoms with Gasteiger partial charge in [0.1, 0.15) is 11.6 Å². The number of anilines is 1. The second-order valence-electron chi connectivity index (χ2n) is 11.8. The third kappa shape index (κ3) is 3.95. The molecule has 3 aromatic rings. The number of imide groups is 2. The van der Waals surface area contributed by atoms with Crippen LogP contribution in [0, 0.1) is 29.5 Å². The fraction of sp³-hybridized carbons (Fsp3) is 0.273. The van der Waals surface area contributed by atoms with Gasteiger partial charge in [0.15, 0.2) is 0 Å². The smallest absolute Gasteiger partial charge is 0.260 e. The fourth-order valence-corrected chi connectivity index (χ4v) is 8.32. The molecule has 0 aromatic heterocycles. The van der Waals surface area contributed by atoms with Gasteiger partial charge in [0, 0.05) is 23.0 Å². The first-order chi connectivity index (χ1) is 21.0. The maximum absolute atomic E-state index is 14.9. The summed E-state index contributed by atoms with van der Waals surface area (Å²) in [6, 6.07) is 16.5. The van der Waals surface area contributed by atoms with Crippen molar-refractivity contribution < 1.29 is 28.7 Å². The first-order valence-corrected chi connectivity index (χ1v) is 15.0. The quantitative estimate of drug-likeness (QED) is 0.292. The number of carbonyl (C=O) groups excluding carboxylic acids is 4. The van der Waals surface area contributed by atoms with Gasteiger partial charge in [-0.25, -0.2) is 4.39 Å². The number of rotatable bonds is 4. The molecule has 0 spiro atoms. The van der Waals surface area contributed by atoms with Crippen LogP contribution >= 0.6 is 23.2 Å². The minimum atomic E-state index is -1.54. The maximum Gasteiger partial charge on any atom is 0.260 e. The Kier molecular flexibility index (Phi) is 6.60. The highest BCUT2D eigenvalue weighted by Gasteiger charge is 2.70. The van der Waals surface area contributed by atoms with E-state index in [1.54, 1.807) is 30.3 Å². The number of hydrazine groups is 1. The number of aromatic hydroxyl groups is 1. The third-order valence-electron chi connectivity index (χ3n) is 9.77. The number of carbonyl (C=O) groups is 4. The van der Waals surface area contributed by atoms with Gasteiger partial charge in [-0.15, -0.1) is 0 Å². The van der Waals surface area contributed by atoms with Crippen molar-refractivity contribution in [3.63, 3.8) is 0 Å². The molecular weight excluding hydrogens is 608 g/mol. The van der Waals surface area contributed by atoms with Gasteiger partial charge in [-0.2, -0.15) is 5.01 Å². The molecule has 3 fully saturated rings. The topological polar surface area (TPSA) is 107 Å². The second kappa shape index (κ2) is 10.2. The second-order valence-corrected chi connectivity index (χ2v) is 12.7. The summed E-state index contributed by atoms with van der Waals surface area (Å²) >= 11 is 13.1. The van der Waals surface area contributed by atoms with Gasteiger partial charge in [0.05, 0.1) is 28.9 Å². The highest BCUT2D eigenvalue weighted by atomic mass is 35.5. The van der Waals surface area contributed by atoms with Crippen LogP contribution in [0.3, 0.4) is 0 Å². The molecule has 2 N–H and O–H groups in total. The van der Waals surface area contributed by atoms with E-state index in [1.165, 1.54) is 43.4 Å². The van der Waals surface area contributed by atoms with Gasteiger partial charge >= 0.3 is 0 Å². The molecule has 3 aromatic carbocycles. The molecule has 0 bridgehead atoms. The van der Waals surface area contributed by atoms with Crippen LogP contribution in [0.15, 0.2) is 78.4 Å². The van der Waals surface area contributed by atoms with Crippen molar-refractivity contribution in [3.05, 3.63) is 105 Å². The Balaban J connectivity index is 1.48. The zero-order chi connectivity index (χ0) is 31.1. The van der Waals surface area contributed by atoms with Crippen LogP contribution in [-0.4, -0.2) is 45.7 Å². The molecule has 4 aliphatic rings. The minimum absolute atomic E-state index is 0.0764. The Morgan fingerprint density at radius 3 is 2.30 bits per heavy atom. The summed E-state index contributed by atoms with van der Waals surface area (Å²) < 4.78 is 13.7. The molecule has 0 radical (unpaired) electrons. The van der Waals surface area contributed by atoms with Gasteiger partial charge < -0.3 is 5.11 Å². The lowest BCUT2D eigenvalue weighted by molar-refractivity contribution is -0.140. The van der Waals surface area contributed by atoms with Crippen LogP contribution in [0.2, 0.25) is 10.0 Å². The van der Waals surface area contributed by atoms with Gasteiger partial charge in [0.25, 0.3) is 11.8 Å². The van der Waals surface area contributed by atoms with E-state index in [2.05, 4.69) is 5.43 Å². The molecular formula is C33H26Cl2FN3O5. The highest BCUT2D eigenvalue weighted by Crippen LogP contribution is 2.64. The van der Waals surface area contributed by atoms with E-state index < -0.39 is 52.6 Å².